The first kappa shape index (κ1) is 14.5. The lowest BCUT2D eigenvalue weighted by atomic mass is 10.0. The highest BCUT2D eigenvalue weighted by Crippen LogP contribution is 2.13. The van der Waals surface area contributed by atoms with E-state index in [-0.39, 0.29) is 24.5 Å². The molecule has 0 radical (unpaired) electrons. The lowest BCUT2D eigenvalue weighted by Crippen LogP contribution is -2.39. The number of carbonyl (C=O) groups is 1. The number of carbonyl (C=O) groups excluding carboxylic acids is 1. The maximum Gasteiger partial charge on any atom is 0.251 e. The molecule has 100 valence electrons. The second-order valence-corrected chi connectivity index (χ2v) is 4.97. The summed E-state index contributed by atoms with van der Waals surface area (Å²) in [7, 11) is 0. The average molecular weight is 250 g/mol. The largest absolute Gasteiger partial charge is 0.399 e. The van der Waals surface area contributed by atoms with Crippen LogP contribution < -0.4 is 11.1 Å². The molecule has 0 bridgehead atoms. The third-order valence-corrected chi connectivity index (χ3v) is 2.92. The van der Waals surface area contributed by atoms with Crippen molar-refractivity contribution < 1.29 is 9.90 Å². The molecule has 0 spiro atoms. The molecule has 0 heterocycles. The summed E-state index contributed by atoms with van der Waals surface area (Å²) in [5.41, 5.74) is 7.84. The van der Waals surface area contributed by atoms with Crippen molar-refractivity contribution in [2.75, 3.05) is 12.3 Å². The second-order valence-electron chi connectivity index (χ2n) is 4.97. The molecule has 18 heavy (non-hydrogen) atoms. The first-order chi connectivity index (χ1) is 8.43. The number of hydrogen-bond acceptors (Lipinski definition) is 3. The molecule has 1 unspecified atom stereocenters. The standard InChI is InChI=1S/C14H22N2O2/c1-9(2)13(4-5-17)16-14(18)11-6-10(3)7-12(15)8-11/h6-9,13,17H,4-5,15H2,1-3H3,(H,16,18). The third kappa shape index (κ3) is 4.04. The van der Waals surface area contributed by atoms with Crippen molar-refractivity contribution in [2.24, 2.45) is 5.92 Å². The van der Waals surface area contributed by atoms with Gasteiger partial charge in [0.15, 0.2) is 0 Å². The number of hydrogen-bond donors (Lipinski definition) is 3. The highest BCUT2D eigenvalue weighted by Gasteiger charge is 2.16. The predicted molar refractivity (Wildman–Crippen MR) is 73.4 cm³/mol. The Balaban J connectivity index is 2.80. The fourth-order valence-electron chi connectivity index (χ4n) is 1.91. The number of nitrogens with two attached hydrogens (primary N) is 1. The molecule has 4 N–H and O–H groups in total. The van der Waals surface area contributed by atoms with Gasteiger partial charge in [-0.3, -0.25) is 4.79 Å². The van der Waals surface area contributed by atoms with E-state index in [9.17, 15) is 4.79 Å². The number of nitrogen functional groups attached to an aromatic ring is 1. The Morgan fingerprint density at radius 2 is 2.06 bits per heavy atom. The topological polar surface area (TPSA) is 75.4 Å². The maximum absolute atomic E-state index is 12.1. The van der Waals surface area contributed by atoms with E-state index in [1.165, 1.54) is 0 Å². The first-order valence-corrected chi connectivity index (χ1v) is 6.23. The number of rotatable bonds is 5. The molecule has 1 amide bonds. The summed E-state index contributed by atoms with van der Waals surface area (Å²) in [4.78, 5) is 12.1. The van der Waals surface area contributed by atoms with Crippen molar-refractivity contribution in [3.63, 3.8) is 0 Å². The molecule has 4 heteroatoms. The normalized spacial score (nSPS) is 12.5. The Hall–Kier alpha value is -1.55. The number of amides is 1. The van der Waals surface area contributed by atoms with Gasteiger partial charge in [-0.1, -0.05) is 13.8 Å². The van der Waals surface area contributed by atoms with E-state index in [0.29, 0.717) is 17.7 Å². The van der Waals surface area contributed by atoms with Gasteiger partial charge in [-0.2, -0.15) is 0 Å². The van der Waals surface area contributed by atoms with Crippen LogP contribution in [0.5, 0.6) is 0 Å². The Kier molecular flexibility index (Phi) is 5.16. The summed E-state index contributed by atoms with van der Waals surface area (Å²) in [6.07, 6.45) is 0.560. The van der Waals surface area contributed by atoms with Gasteiger partial charge >= 0.3 is 0 Å². The van der Waals surface area contributed by atoms with Gasteiger partial charge < -0.3 is 16.2 Å². The second kappa shape index (κ2) is 6.40. The zero-order chi connectivity index (χ0) is 13.7. The van der Waals surface area contributed by atoms with E-state index in [4.69, 9.17) is 10.8 Å². The Morgan fingerprint density at radius 1 is 1.39 bits per heavy atom. The van der Waals surface area contributed by atoms with Crippen LogP contribution >= 0.6 is 0 Å². The lowest BCUT2D eigenvalue weighted by molar-refractivity contribution is 0.0916. The van der Waals surface area contributed by atoms with E-state index in [1.807, 2.05) is 32.9 Å². The van der Waals surface area contributed by atoms with Crippen LogP contribution in [0.2, 0.25) is 0 Å². The summed E-state index contributed by atoms with van der Waals surface area (Å²) < 4.78 is 0. The Morgan fingerprint density at radius 3 is 2.56 bits per heavy atom. The molecule has 1 atom stereocenters. The molecule has 0 aliphatic rings. The van der Waals surface area contributed by atoms with E-state index in [0.717, 1.165) is 5.56 Å². The van der Waals surface area contributed by atoms with Gasteiger partial charge in [0.2, 0.25) is 0 Å². The molecule has 0 aliphatic heterocycles. The third-order valence-electron chi connectivity index (χ3n) is 2.92. The molecule has 0 aliphatic carbocycles. The molecule has 4 nitrogen and oxygen atoms in total. The SMILES string of the molecule is Cc1cc(N)cc(C(=O)NC(CCO)C(C)C)c1. The highest BCUT2D eigenvalue weighted by atomic mass is 16.3. The van der Waals surface area contributed by atoms with Gasteiger partial charge in [0.25, 0.3) is 5.91 Å². The fraction of sp³-hybridized carbons (Fsp3) is 0.500. The quantitative estimate of drug-likeness (QED) is 0.696. The van der Waals surface area contributed by atoms with Crippen molar-refractivity contribution in [3.8, 4) is 0 Å². The van der Waals surface area contributed by atoms with Crippen LogP contribution in [-0.2, 0) is 0 Å². The summed E-state index contributed by atoms with van der Waals surface area (Å²) in [6.45, 7) is 6.01. The molecule has 0 aromatic heterocycles. The number of anilines is 1. The number of aryl methyl sites for hydroxylation is 1. The minimum absolute atomic E-state index is 0.0239. The molecular weight excluding hydrogens is 228 g/mol. The lowest BCUT2D eigenvalue weighted by Gasteiger charge is -2.21. The number of nitrogens with one attached hydrogen (secondary N) is 1. The molecule has 1 aromatic rings. The van der Waals surface area contributed by atoms with E-state index in [1.54, 1.807) is 6.07 Å². The maximum atomic E-state index is 12.1. The molecule has 1 rings (SSSR count). The summed E-state index contributed by atoms with van der Waals surface area (Å²) in [6, 6.07) is 5.27. The molecule has 0 saturated carbocycles. The van der Waals surface area contributed by atoms with Crippen LogP contribution in [0.1, 0.15) is 36.2 Å². The van der Waals surface area contributed by atoms with E-state index < -0.39 is 0 Å². The van der Waals surface area contributed by atoms with Crippen LogP contribution in [0, 0.1) is 12.8 Å². The van der Waals surface area contributed by atoms with Gasteiger partial charge in [0.1, 0.15) is 0 Å². The van der Waals surface area contributed by atoms with Crippen LogP contribution in [0.3, 0.4) is 0 Å². The average Bonchev–Trinajstić information content (AvgIpc) is 2.26. The Bertz CT molecular complexity index is 396. The first-order valence-electron chi connectivity index (χ1n) is 6.23. The number of aliphatic hydroxyl groups is 1. The van der Waals surface area contributed by atoms with E-state index >= 15 is 0 Å². The van der Waals surface area contributed by atoms with Gasteiger partial charge in [-0.05, 0) is 43.0 Å². The highest BCUT2D eigenvalue weighted by molar-refractivity contribution is 5.95. The van der Waals surface area contributed by atoms with Crippen LogP contribution in [0.15, 0.2) is 18.2 Å². The molecule has 0 saturated heterocycles. The van der Waals surface area contributed by atoms with Gasteiger partial charge in [0.05, 0.1) is 0 Å². The molecular formula is C14H22N2O2. The van der Waals surface area contributed by atoms with Gasteiger partial charge in [0, 0.05) is 23.9 Å². The molecule has 0 fully saturated rings. The Labute approximate surface area is 108 Å². The molecule has 1 aromatic carbocycles. The predicted octanol–water partition coefficient (Wildman–Crippen LogP) is 1.71. The van der Waals surface area contributed by atoms with Crippen molar-refractivity contribution in [2.45, 2.75) is 33.2 Å². The number of aliphatic hydroxyl groups excluding tert-OH is 1. The van der Waals surface area contributed by atoms with Crippen molar-refractivity contribution in [1.82, 2.24) is 5.32 Å². The van der Waals surface area contributed by atoms with Crippen LogP contribution in [0.25, 0.3) is 0 Å². The monoisotopic (exact) mass is 250 g/mol. The fourth-order valence-corrected chi connectivity index (χ4v) is 1.91. The van der Waals surface area contributed by atoms with E-state index in [2.05, 4.69) is 5.32 Å². The zero-order valence-electron chi connectivity index (χ0n) is 11.2. The van der Waals surface area contributed by atoms with Crippen molar-refractivity contribution in [1.29, 1.82) is 0 Å². The summed E-state index contributed by atoms with van der Waals surface area (Å²) in [5.74, 6) is 0.140. The summed E-state index contributed by atoms with van der Waals surface area (Å²) >= 11 is 0. The number of benzene rings is 1. The summed E-state index contributed by atoms with van der Waals surface area (Å²) in [5, 5.41) is 11.9. The van der Waals surface area contributed by atoms with Crippen molar-refractivity contribution in [3.05, 3.63) is 29.3 Å². The van der Waals surface area contributed by atoms with Gasteiger partial charge in [-0.15, -0.1) is 0 Å². The van der Waals surface area contributed by atoms with Crippen LogP contribution in [0.4, 0.5) is 5.69 Å². The van der Waals surface area contributed by atoms with Crippen molar-refractivity contribution >= 4 is 11.6 Å². The van der Waals surface area contributed by atoms with Gasteiger partial charge in [-0.25, -0.2) is 0 Å². The minimum atomic E-state index is -0.141. The smallest absolute Gasteiger partial charge is 0.251 e. The zero-order valence-corrected chi connectivity index (χ0v) is 11.2. The minimum Gasteiger partial charge on any atom is -0.399 e. The van der Waals surface area contributed by atoms with Crippen LogP contribution in [-0.4, -0.2) is 23.7 Å².